The Morgan fingerprint density at radius 3 is 2.65 bits per heavy atom. The molecule has 114 valence electrons. The van der Waals surface area contributed by atoms with Crippen LogP contribution < -0.4 is 5.32 Å². The van der Waals surface area contributed by atoms with Gasteiger partial charge in [0.15, 0.2) is 0 Å². The molecular weight excluding hydrogens is 246 g/mol. The number of piperidine rings is 1. The maximum Gasteiger partial charge on any atom is 0.122 e. The molecule has 2 unspecified atom stereocenters. The standard InChI is InChI=1S/C17H31N3/c1-6-16(19-14(4)11-13(2)3)12-17(18)20-10-8-7-9-15(20)5/h6,12-15,18-19H,1,7-11H2,2-5H3/b16-12-,18-17?. The largest absolute Gasteiger partial charge is 0.382 e. The van der Waals surface area contributed by atoms with Crippen molar-refractivity contribution in [2.45, 2.75) is 65.5 Å². The van der Waals surface area contributed by atoms with E-state index in [0.717, 1.165) is 18.7 Å². The third-order valence-electron chi connectivity index (χ3n) is 3.86. The van der Waals surface area contributed by atoms with Gasteiger partial charge in [0.05, 0.1) is 0 Å². The summed E-state index contributed by atoms with van der Waals surface area (Å²) in [6.45, 7) is 13.7. The van der Waals surface area contributed by atoms with Crippen LogP contribution in [0.15, 0.2) is 24.4 Å². The first-order valence-electron chi connectivity index (χ1n) is 7.90. The van der Waals surface area contributed by atoms with E-state index in [9.17, 15) is 0 Å². The van der Waals surface area contributed by atoms with E-state index in [2.05, 4.69) is 44.5 Å². The number of nitrogens with one attached hydrogen (secondary N) is 2. The van der Waals surface area contributed by atoms with Crippen molar-refractivity contribution in [3.05, 3.63) is 24.4 Å². The Morgan fingerprint density at radius 1 is 1.40 bits per heavy atom. The highest BCUT2D eigenvalue weighted by molar-refractivity contribution is 5.91. The lowest BCUT2D eigenvalue weighted by molar-refractivity contribution is 0.258. The highest BCUT2D eigenvalue weighted by atomic mass is 15.2. The van der Waals surface area contributed by atoms with Crippen LogP contribution in [0.25, 0.3) is 0 Å². The van der Waals surface area contributed by atoms with E-state index in [-0.39, 0.29) is 0 Å². The lowest BCUT2D eigenvalue weighted by Gasteiger charge is -2.34. The van der Waals surface area contributed by atoms with Crippen LogP contribution in [-0.4, -0.2) is 29.4 Å². The molecule has 0 spiro atoms. The van der Waals surface area contributed by atoms with Gasteiger partial charge in [0.25, 0.3) is 0 Å². The summed E-state index contributed by atoms with van der Waals surface area (Å²) in [5, 5.41) is 11.8. The van der Waals surface area contributed by atoms with Crippen LogP contribution in [-0.2, 0) is 0 Å². The molecule has 2 N–H and O–H groups in total. The van der Waals surface area contributed by atoms with Crippen molar-refractivity contribution in [2.75, 3.05) is 6.54 Å². The normalized spacial score (nSPS) is 21.8. The SMILES string of the molecule is C=C/C(=C/C(=N)N1CCCCC1C)NC(C)CC(C)C. The zero-order valence-electron chi connectivity index (χ0n) is 13.6. The molecular formula is C17H31N3. The van der Waals surface area contributed by atoms with Gasteiger partial charge < -0.3 is 10.2 Å². The molecule has 1 saturated heterocycles. The number of amidine groups is 1. The molecule has 0 aromatic rings. The second kappa shape index (κ2) is 8.13. The number of nitrogens with zero attached hydrogens (tertiary/aromatic N) is 1. The van der Waals surface area contributed by atoms with Gasteiger partial charge in [-0.1, -0.05) is 20.4 Å². The lowest BCUT2D eigenvalue weighted by atomic mass is 10.0. The van der Waals surface area contributed by atoms with E-state index in [1.54, 1.807) is 0 Å². The Hall–Kier alpha value is -1.25. The molecule has 0 bridgehead atoms. The molecule has 0 amide bonds. The van der Waals surface area contributed by atoms with E-state index in [0.29, 0.717) is 23.8 Å². The van der Waals surface area contributed by atoms with Crippen molar-refractivity contribution < 1.29 is 0 Å². The van der Waals surface area contributed by atoms with Crippen LogP contribution in [0.5, 0.6) is 0 Å². The molecule has 3 nitrogen and oxygen atoms in total. The summed E-state index contributed by atoms with van der Waals surface area (Å²) in [7, 11) is 0. The second-order valence-electron chi connectivity index (χ2n) is 6.40. The Balaban J connectivity index is 2.63. The van der Waals surface area contributed by atoms with Crippen molar-refractivity contribution in [1.29, 1.82) is 5.41 Å². The van der Waals surface area contributed by atoms with E-state index < -0.39 is 0 Å². The summed E-state index contributed by atoms with van der Waals surface area (Å²) >= 11 is 0. The van der Waals surface area contributed by atoms with Gasteiger partial charge in [-0.15, -0.1) is 0 Å². The van der Waals surface area contributed by atoms with Crippen LogP contribution in [0.1, 0.15) is 53.4 Å². The average molecular weight is 277 g/mol. The maximum absolute atomic E-state index is 8.29. The van der Waals surface area contributed by atoms with E-state index in [4.69, 9.17) is 5.41 Å². The van der Waals surface area contributed by atoms with Gasteiger partial charge >= 0.3 is 0 Å². The summed E-state index contributed by atoms with van der Waals surface area (Å²) in [5.41, 5.74) is 0.959. The predicted octanol–water partition coefficient (Wildman–Crippen LogP) is 3.93. The van der Waals surface area contributed by atoms with Crippen LogP contribution >= 0.6 is 0 Å². The van der Waals surface area contributed by atoms with Gasteiger partial charge in [-0.05, 0) is 51.5 Å². The van der Waals surface area contributed by atoms with E-state index in [1.165, 1.54) is 19.3 Å². The first-order valence-corrected chi connectivity index (χ1v) is 7.90. The number of rotatable bonds is 6. The molecule has 0 aliphatic carbocycles. The minimum atomic E-state index is 0.408. The van der Waals surface area contributed by atoms with Crippen LogP contribution in [0.4, 0.5) is 0 Å². The minimum absolute atomic E-state index is 0.408. The van der Waals surface area contributed by atoms with Crippen molar-refractivity contribution in [3.8, 4) is 0 Å². The van der Waals surface area contributed by atoms with Crippen LogP contribution in [0.2, 0.25) is 0 Å². The number of likely N-dealkylation sites (tertiary alicyclic amines) is 1. The molecule has 0 saturated carbocycles. The van der Waals surface area contributed by atoms with Gasteiger partial charge in [0, 0.05) is 30.4 Å². The topological polar surface area (TPSA) is 39.1 Å². The number of allylic oxidation sites excluding steroid dienone is 1. The highest BCUT2D eigenvalue weighted by Crippen LogP contribution is 2.17. The van der Waals surface area contributed by atoms with Crippen LogP contribution in [0.3, 0.4) is 0 Å². The first-order chi connectivity index (χ1) is 9.43. The molecule has 1 aliphatic rings. The quantitative estimate of drug-likeness (QED) is 0.438. The zero-order valence-corrected chi connectivity index (χ0v) is 13.6. The minimum Gasteiger partial charge on any atom is -0.382 e. The summed E-state index contributed by atoms with van der Waals surface area (Å²) in [5.74, 6) is 1.28. The molecule has 1 rings (SSSR count). The fourth-order valence-corrected chi connectivity index (χ4v) is 2.90. The van der Waals surface area contributed by atoms with Crippen molar-refractivity contribution in [3.63, 3.8) is 0 Å². The van der Waals surface area contributed by atoms with E-state index in [1.807, 2.05) is 12.2 Å². The maximum atomic E-state index is 8.29. The fourth-order valence-electron chi connectivity index (χ4n) is 2.90. The molecule has 1 fully saturated rings. The monoisotopic (exact) mass is 277 g/mol. The van der Waals surface area contributed by atoms with Crippen molar-refractivity contribution in [2.24, 2.45) is 5.92 Å². The average Bonchev–Trinajstić information content (AvgIpc) is 2.37. The van der Waals surface area contributed by atoms with Gasteiger partial charge in [0.2, 0.25) is 0 Å². The lowest BCUT2D eigenvalue weighted by Crippen LogP contribution is -2.41. The van der Waals surface area contributed by atoms with Gasteiger partial charge in [-0.25, -0.2) is 0 Å². The fraction of sp³-hybridized carbons (Fsp3) is 0.706. The van der Waals surface area contributed by atoms with Gasteiger partial charge in [0.1, 0.15) is 5.84 Å². The summed E-state index contributed by atoms with van der Waals surface area (Å²) < 4.78 is 0. The Morgan fingerprint density at radius 2 is 2.10 bits per heavy atom. The smallest absolute Gasteiger partial charge is 0.122 e. The van der Waals surface area contributed by atoms with Crippen molar-refractivity contribution in [1.82, 2.24) is 10.2 Å². The molecule has 0 aromatic carbocycles. The molecule has 1 aliphatic heterocycles. The van der Waals surface area contributed by atoms with E-state index >= 15 is 0 Å². The molecule has 0 aromatic heterocycles. The molecule has 20 heavy (non-hydrogen) atoms. The van der Waals surface area contributed by atoms with Gasteiger partial charge in [-0.3, -0.25) is 5.41 Å². The number of hydrogen-bond donors (Lipinski definition) is 2. The Labute approximate surface area is 124 Å². The first kappa shape index (κ1) is 16.8. The molecule has 0 radical (unpaired) electrons. The summed E-state index contributed by atoms with van der Waals surface area (Å²) in [6.07, 6.45) is 8.54. The molecule has 3 heteroatoms. The molecule has 1 heterocycles. The Kier molecular flexibility index (Phi) is 6.83. The number of hydrogen-bond acceptors (Lipinski definition) is 2. The third kappa shape index (κ3) is 5.40. The predicted molar refractivity (Wildman–Crippen MR) is 88.1 cm³/mol. The highest BCUT2D eigenvalue weighted by Gasteiger charge is 2.19. The molecule has 2 atom stereocenters. The Bertz CT molecular complexity index is 357. The second-order valence-corrected chi connectivity index (χ2v) is 6.40. The third-order valence-corrected chi connectivity index (χ3v) is 3.86. The van der Waals surface area contributed by atoms with Gasteiger partial charge in [-0.2, -0.15) is 0 Å². The summed E-state index contributed by atoms with van der Waals surface area (Å²) in [6, 6.07) is 0.887. The zero-order chi connectivity index (χ0) is 15.1. The van der Waals surface area contributed by atoms with Crippen LogP contribution in [0, 0.1) is 11.3 Å². The van der Waals surface area contributed by atoms with Crippen molar-refractivity contribution >= 4 is 5.84 Å². The summed E-state index contributed by atoms with van der Waals surface area (Å²) in [4.78, 5) is 2.20.